The Morgan fingerprint density at radius 2 is 1.96 bits per heavy atom. The van der Waals surface area contributed by atoms with Gasteiger partial charge in [0, 0.05) is 11.4 Å². The summed E-state index contributed by atoms with van der Waals surface area (Å²) in [6.07, 6.45) is 3.01. The molecule has 1 aromatic carbocycles. The Morgan fingerprint density at radius 3 is 2.56 bits per heavy atom. The van der Waals surface area contributed by atoms with Gasteiger partial charge in [0.2, 0.25) is 0 Å². The molecule has 2 aromatic rings. The molecule has 4 nitrogen and oxygen atoms in total. The molecule has 0 spiro atoms. The summed E-state index contributed by atoms with van der Waals surface area (Å²) in [6.45, 7) is 0.228. The number of halogens is 1. The second-order valence-electron chi connectivity index (χ2n) is 6.20. The molecule has 0 unspecified atom stereocenters. The van der Waals surface area contributed by atoms with E-state index in [-0.39, 0.29) is 18.3 Å². The molecular weight excluding hydrogens is 341 g/mol. The highest BCUT2D eigenvalue weighted by molar-refractivity contribution is 7.09. The zero-order valence-electron chi connectivity index (χ0n) is 13.8. The average Bonchev–Trinajstić information content (AvgIpc) is 3.07. The van der Waals surface area contributed by atoms with E-state index in [4.69, 9.17) is 4.74 Å². The van der Waals surface area contributed by atoms with E-state index < -0.39 is 11.4 Å². The van der Waals surface area contributed by atoms with Crippen molar-refractivity contribution in [3.63, 3.8) is 0 Å². The molecule has 0 aliphatic heterocycles. The average molecular weight is 361 g/mol. The minimum Gasteiger partial charge on any atom is -0.455 e. The Morgan fingerprint density at radius 1 is 1.20 bits per heavy atom. The Balaban J connectivity index is 1.49. The number of hydrogen-bond acceptors (Lipinski definition) is 4. The monoisotopic (exact) mass is 361 g/mol. The van der Waals surface area contributed by atoms with Crippen molar-refractivity contribution < 1.29 is 18.7 Å². The van der Waals surface area contributed by atoms with Gasteiger partial charge in [-0.15, -0.1) is 11.3 Å². The van der Waals surface area contributed by atoms with Crippen molar-refractivity contribution in [1.29, 1.82) is 0 Å². The molecule has 132 valence electrons. The van der Waals surface area contributed by atoms with Crippen LogP contribution >= 0.6 is 11.3 Å². The Kier molecular flexibility index (Phi) is 5.48. The van der Waals surface area contributed by atoms with Crippen LogP contribution in [0.1, 0.15) is 29.7 Å². The smallest absolute Gasteiger partial charge is 0.317 e. The molecule has 1 fully saturated rings. The lowest BCUT2D eigenvalue weighted by Crippen LogP contribution is -2.45. The van der Waals surface area contributed by atoms with Gasteiger partial charge in [-0.25, -0.2) is 4.39 Å². The molecule has 1 aromatic heterocycles. The first kappa shape index (κ1) is 17.6. The summed E-state index contributed by atoms with van der Waals surface area (Å²) < 4.78 is 18.3. The number of benzene rings is 1. The van der Waals surface area contributed by atoms with Crippen molar-refractivity contribution in [3.8, 4) is 0 Å². The van der Waals surface area contributed by atoms with Gasteiger partial charge in [-0.05, 0) is 48.4 Å². The SMILES string of the molecule is O=C(COC(=O)C1(c2ccc(F)cc2)CCC1)NCCc1cccs1. The fourth-order valence-corrected chi connectivity index (χ4v) is 3.72. The van der Waals surface area contributed by atoms with E-state index in [2.05, 4.69) is 5.32 Å². The van der Waals surface area contributed by atoms with Gasteiger partial charge in [0.05, 0.1) is 5.41 Å². The first-order valence-electron chi connectivity index (χ1n) is 8.32. The summed E-state index contributed by atoms with van der Waals surface area (Å²) in [4.78, 5) is 25.6. The van der Waals surface area contributed by atoms with Crippen molar-refractivity contribution in [2.45, 2.75) is 31.1 Å². The second-order valence-corrected chi connectivity index (χ2v) is 7.23. The maximum atomic E-state index is 13.1. The predicted octanol–water partition coefficient (Wildman–Crippen LogP) is 3.21. The Hall–Kier alpha value is -2.21. The van der Waals surface area contributed by atoms with Crippen LogP contribution in [-0.4, -0.2) is 25.0 Å². The minimum absolute atomic E-state index is 0.285. The third-order valence-corrected chi connectivity index (χ3v) is 5.54. The van der Waals surface area contributed by atoms with Crippen molar-refractivity contribution in [2.75, 3.05) is 13.2 Å². The Labute approximate surface area is 150 Å². The summed E-state index contributed by atoms with van der Waals surface area (Å²) in [6, 6.07) is 9.92. The first-order valence-corrected chi connectivity index (χ1v) is 9.20. The summed E-state index contributed by atoms with van der Waals surface area (Å²) in [7, 11) is 0. The molecular formula is C19H20FNO3S. The third kappa shape index (κ3) is 4.07. The summed E-state index contributed by atoms with van der Waals surface area (Å²) >= 11 is 1.64. The van der Waals surface area contributed by atoms with Gasteiger partial charge >= 0.3 is 5.97 Å². The quantitative estimate of drug-likeness (QED) is 0.771. The lowest BCUT2D eigenvalue weighted by atomic mass is 9.64. The minimum atomic E-state index is -0.731. The van der Waals surface area contributed by atoms with Crippen molar-refractivity contribution >= 4 is 23.2 Å². The highest BCUT2D eigenvalue weighted by Crippen LogP contribution is 2.44. The Bertz CT molecular complexity index is 724. The zero-order chi connectivity index (χ0) is 17.7. The predicted molar refractivity (Wildman–Crippen MR) is 93.9 cm³/mol. The van der Waals surface area contributed by atoms with Crippen LogP contribution in [0.3, 0.4) is 0 Å². The molecule has 1 aliphatic rings. The molecule has 1 amide bonds. The van der Waals surface area contributed by atoms with E-state index in [1.54, 1.807) is 23.5 Å². The maximum Gasteiger partial charge on any atom is 0.317 e. The number of amides is 1. The normalized spacial score (nSPS) is 15.2. The molecule has 1 aliphatic carbocycles. The number of nitrogens with one attached hydrogen (secondary N) is 1. The van der Waals surface area contributed by atoms with E-state index in [9.17, 15) is 14.0 Å². The highest BCUT2D eigenvalue weighted by atomic mass is 32.1. The van der Waals surface area contributed by atoms with E-state index in [1.165, 1.54) is 17.0 Å². The summed E-state index contributed by atoms with van der Waals surface area (Å²) in [5, 5.41) is 4.74. The van der Waals surface area contributed by atoms with Crippen LogP contribution in [0.4, 0.5) is 4.39 Å². The van der Waals surface area contributed by atoms with Crippen molar-refractivity contribution in [2.24, 2.45) is 0 Å². The molecule has 1 heterocycles. The van der Waals surface area contributed by atoms with Gasteiger partial charge in [0.25, 0.3) is 5.91 Å². The lowest BCUT2D eigenvalue weighted by molar-refractivity contribution is -0.157. The van der Waals surface area contributed by atoms with Crippen LogP contribution < -0.4 is 5.32 Å². The molecule has 25 heavy (non-hydrogen) atoms. The van der Waals surface area contributed by atoms with Gasteiger partial charge in [0.1, 0.15) is 5.82 Å². The standard InChI is InChI=1S/C19H20FNO3S/c20-15-6-4-14(5-7-15)19(9-2-10-19)18(23)24-13-17(22)21-11-8-16-3-1-12-25-16/h1,3-7,12H,2,8-11,13H2,(H,21,22). The van der Waals surface area contributed by atoms with Gasteiger partial charge in [0.15, 0.2) is 6.61 Å². The van der Waals surface area contributed by atoms with Gasteiger partial charge in [-0.3, -0.25) is 9.59 Å². The number of carbonyl (C=O) groups excluding carboxylic acids is 2. The van der Waals surface area contributed by atoms with Gasteiger partial charge in [-0.1, -0.05) is 24.6 Å². The van der Waals surface area contributed by atoms with Crippen LogP contribution in [0.5, 0.6) is 0 Å². The van der Waals surface area contributed by atoms with Crippen LogP contribution in [0.2, 0.25) is 0 Å². The fourth-order valence-electron chi connectivity index (χ4n) is 3.01. The molecule has 1 saturated carbocycles. The van der Waals surface area contributed by atoms with Crippen LogP contribution in [-0.2, 0) is 26.2 Å². The molecule has 1 N–H and O–H groups in total. The van der Waals surface area contributed by atoms with Crippen molar-refractivity contribution in [3.05, 3.63) is 58.0 Å². The highest BCUT2D eigenvalue weighted by Gasteiger charge is 2.47. The zero-order valence-corrected chi connectivity index (χ0v) is 14.6. The summed E-state index contributed by atoms with van der Waals surface area (Å²) in [5.41, 5.74) is 0.0218. The molecule has 0 saturated heterocycles. The summed E-state index contributed by atoms with van der Waals surface area (Å²) in [5.74, 6) is -1.05. The van der Waals surface area contributed by atoms with Crippen LogP contribution in [0, 0.1) is 5.82 Å². The number of hydrogen-bond donors (Lipinski definition) is 1. The fraction of sp³-hybridized carbons (Fsp3) is 0.368. The number of carbonyl (C=O) groups is 2. The van der Waals surface area contributed by atoms with Crippen LogP contribution in [0.25, 0.3) is 0 Å². The lowest BCUT2D eigenvalue weighted by Gasteiger charge is -2.39. The topological polar surface area (TPSA) is 55.4 Å². The third-order valence-electron chi connectivity index (χ3n) is 4.60. The number of rotatable bonds is 7. The van der Waals surface area contributed by atoms with Crippen LogP contribution in [0.15, 0.2) is 41.8 Å². The second kappa shape index (κ2) is 7.78. The molecule has 6 heteroatoms. The van der Waals surface area contributed by atoms with Crippen molar-refractivity contribution in [1.82, 2.24) is 5.32 Å². The first-order chi connectivity index (χ1) is 12.1. The largest absolute Gasteiger partial charge is 0.455 e. The van der Waals surface area contributed by atoms with Gasteiger partial charge in [-0.2, -0.15) is 0 Å². The number of ether oxygens (including phenoxy) is 1. The molecule has 0 radical (unpaired) electrons. The number of thiophene rings is 1. The molecule has 0 atom stereocenters. The maximum absolute atomic E-state index is 13.1. The number of esters is 1. The van der Waals surface area contributed by atoms with Gasteiger partial charge < -0.3 is 10.1 Å². The molecule has 0 bridgehead atoms. The van der Waals surface area contributed by atoms with E-state index >= 15 is 0 Å². The van der Waals surface area contributed by atoms with E-state index in [1.807, 2.05) is 17.5 Å². The molecule has 3 rings (SSSR count). The van der Waals surface area contributed by atoms with E-state index in [0.29, 0.717) is 19.4 Å². The van der Waals surface area contributed by atoms with E-state index in [0.717, 1.165) is 18.4 Å².